The Hall–Kier alpha value is -4.71. The van der Waals surface area contributed by atoms with E-state index in [1.807, 2.05) is 49.4 Å². The number of halogens is 2. The molecule has 5 aromatic rings. The molecule has 8 nitrogen and oxygen atoms in total. The quantitative estimate of drug-likeness (QED) is 0.0487. The average molecular weight is 688 g/mol. The van der Waals surface area contributed by atoms with Crippen molar-refractivity contribution in [2.24, 2.45) is 0 Å². The van der Waals surface area contributed by atoms with Crippen molar-refractivity contribution in [3.8, 4) is 11.5 Å². The number of benzene rings is 4. The maximum absolute atomic E-state index is 13.7. The van der Waals surface area contributed by atoms with Gasteiger partial charge in [-0.3, -0.25) is 14.5 Å². The van der Waals surface area contributed by atoms with Crippen molar-refractivity contribution < 1.29 is 28.6 Å². The average Bonchev–Trinajstić information content (AvgIpc) is 3.66. The fourth-order valence-electron chi connectivity index (χ4n) is 5.01. The van der Waals surface area contributed by atoms with Gasteiger partial charge in [-0.2, -0.15) is 0 Å². The number of Topliss-reactive ketones (excluding diaryl/α,β-unsaturated/α-hetero) is 1. The highest BCUT2D eigenvalue weighted by Crippen LogP contribution is 2.45. The van der Waals surface area contributed by atoms with Crippen LogP contribution in [0.5, 0.6) is 11.5 Å². The van der Waals surface area contributed by atoms with Crippen LogP contribution in [0.1, 0.15) is 35.2 Å². The van der Waals surface area contributed by atoms with E-state index in [1.54, 1.807) is 30.3 Å². The first kappa shape index (κ1) is 32.2. The van der Waals surface area contributed by atoms with Crippen LogP contribution in [0, 0.1) is 5.82 Å². The highest BCUT2D eigenvalue weighted by Gasteiger charge is 2.48. The number of ether oxygens (including phenoxy) is 2. The highest BCUT2D eigenvalue weighted by molar-refractivity contribution is 8.00. The van der Waals surface area contributed by atoms with Gasteiger partial charge in [0.2, 0.25) is 5.13 Å². The summed E-state index contributed by atoms with van der Waals surface area (Å²) >= 11 is 8.58. The van der Waals surface area contributed by atoms with Crippen LogP contribution in [0.4, 0.5) is 9.52 Å². The van der Waals surface area contributed by atoms with Crippen LogP contribution in [-0.2, 0) is 21.9 Å². The third kappa shape index (κ3) is 7.17. The normalized spacial score (nSPS) is 15.6. The van der Waals surface area contributed by atoms with E-state index < -0.39 is 29.3 Å². The van der Waals surface area contributed by atoms with Gasteiger partial charge >= 0.3 is 5.91 Å². The van der Waals surface area contributed by atoms with Gasteiger partial charge in [-0.1, -0.05) is 83.2 Å². The van der Waals surface area contributed by atoms with Gasteiger partial charge in [0.1, 0.15) is 18.2 Å². The van der Waals surface area contributed by atoms with Gasteiger partial charge in [0.05, 0.1) is 18.2 Å². The van der Waals surface area contributed by atoms with E-state index in [0.717, 1.165) is 22.5 Å². The summed E-state index contributed by atoms with van der Waals surface area (Å²) in [5.41, 5.74) is 2.46. The van der Waals surface area contributed by atoms with Gasteiger partial charge < -0.3 is 14.6 Å². The molecule has 1 saturated heterocycles. The summed E-state index contributed by atoms with van der Waals surface area (Å²) in [6.07, 6.45) is 0. The van der Waals surface area contributed by atoms with E-state index in [4.69, 9.17) is 21.1 Å². The predicted octanol–water partition coefficient (Wildman–Crippen LogP) is 8.23. The van der Waals surface area contributed by atoms with Gasteiger partial charge in [-0.05, 0) is 72.1 Å². The number of hydrogen-bond acceptors (Lipinski definition) is 9. The molecule has 6 rings (SSSR count). The number of rotatable bonds is 11. The molecule has 0 bridgehead atoms. The Balaban J connectivity index is 1.39. The number of nitrogens with zero attached hydrogens (tertiary/aromatic N) is 3. The Morgan fingerprint density at radius 3 is 2.40 bits per heavy atom. The minimum atomic E-state index is -1.09. The lowest BCUT2D eigenvalue weighted by Gasteiger charge is -2.23. The Kier molecular flexibility index (Phi) is 9.86. The molecule has 47 heavy (non-hydrogen) atoms. The van der Waals surface area contributed by atoms with E-state index in [-0.39, 0.29) is 16.3 Å². The van der Waals surface area contributed by atoms with Crippen molar-refractivity contribution in [2.75, 3.05) is 11.5 Å². The first-order valence-corrected chi connectivity index (χ1v) is 16.7. The number of hydrogen-bond donors (Lipinski definition) is 1. The zero-order valence-electron chi connectivity index (χ0n) is 24.9. The molecular formula is C35H27ClFN3O5S2. The fraction of sp³-hybridized carbons (Fsp3) is 0.143. The van der Waals surface area contributed by atoms with Crippen LogP contribution in [-0.4, -0.2) is 33.6 Å². The lowest BCUT2D eigenvalue weighted by molar-refractivity contribution is -0.132. The number of aliphatic hydroxyl groups is 1. The van der Waals surface area contributed by atoms with Gasteiger partial charge in [0.25, 0.3) is 5.78 Å². The van der Waals surface area contributed by atoms with Crippen molar-refractivity contribution in [1.82, 2.24) is 10.2 Å². The number of thioether (sulfide) groups is 1. The smallest absolute Gasteiger partial charge is 0.301 e. The molecule has 1 atom stereocenters. The molecule has 0 aliphatic carbocycles. The SMILES string of the molecule is CCOc1cc(C2C(=C(O)c3ccc(F)cc3)C(=O)C(=O)N2c2nnc(SCc3ccc(Cl)cc3)s2)ccc1OCc1ccccc1. The van der Waals surface area contributed by atoms with Crippen molar-refractivity contribution in [2.45, 2.75) is 29.7 Å². The molecule has 0 radical (unpaired) electrons. The molecule has 1 aliphatic rings. The minimum absolute atomic E-state index is 0.174. The van der Waals surface area contributed by atoms with Crippen molar-refractivity contribution in [1.29, 1.82) is 0 Å². The van der Waals surface area contributed by atoms with Crippen LogP contribution in [0.25, 0.3) is 5.76 Å². The van der Waals surface area contributed by atoms with E-state index in [9.17, 15) is 19.1 Å². The van der Waals surface area contributed by atoms with Crippen LogP contribution >= 0.6 is 34.7 Å². The molecule has 1 amide bonds. The zero-order chi connectivity index (χ0) is 32.9. The summed E-state index contributed by atoms with van der Waals surface area (Å²) in [5.74, 6) is -1.31. The third-order valence-electron chi connectivity index (χ3n) is 7.26. The fourth-order valence-corrected chi connectivity index (χ4v) is 6.96. The maximum atomic E-state index is 13.7. The second-order valence-electron chi connectivity index (χ2n) is 10.4. The van der Waals surface area contributed by atoms with Gasteiger partial charge in [0, 0.05) is 16.3 Å². The second-order valence-corrected chi connectivity index (χ2v) is 13.0. The summed E-state index contributed by atoms with van der Waals surface area (Å²) in [7, 11) is 0. The van der Waals surface area contributed by atoms with Crippen molar-refractivity contribution >= 4 is 57.3 Å². The summed E-state index contributed by atoms with van der Waals surface area (Å²) in [4.78, 5) is 28.6. The number of carbonyl (C=O) groups is 2. The maximum Gasteiger partial charge on any atom is 0.301 e. The molecular weight excluding hydrogens is 661 g/mol. The lowest BCUT2D eigenvalue weighted by Crippen LogP contribution is -2.29. The first-order chi connectivity index (χ1) is 22.8. The highest BCUT2D eigenvalue weighted by atomic mass is 35.5. The van der Waals surface area contributed by atoms with Gasteiger partial charge in [-0.25, -0.2) is 4.39 Å². The van der Waals surface area contributed by atoms with Gasteiger partial charge in [0.15, 0.2) is 15.8 Å². The number of carbonyl (C=O) groups excluding carboxylic acids is 2. The molecule has 1 N–H and O–H groups in total. The standard InChI is InChI=1S/C35H27ClFN3O5S2/c1-2-44-28-18-24(12-17-27(28)45-19-21-6-4-3-5-7-21)30-29(31(41)23-10-15-26(37)16-11-23)32(42)33(43)40(30)34-38-39-35(47-34)46-20-22-8-13-25(36)14-9-22/h3-18,30,41H,2,19-20H2,1H3. The van der Waals surface area contributed by atoms with Crippen LogP contribution in [0.15, 0.2) is 107 Å². The number of ketones is 1. The first-order valence-electron chi connectivity index (χ1n) is 14.5. The lowest BCUT2D eigenvalue weighted by atomic mass is 9.95. The Bertz CT molecular complexity index is 1940. The minimum Gasteiger partial charge on any atom is -0.507 e. The third-order valence-corrected chi connectivity index (χ3v) is 9.64. The molecule has 0 spiro atoms. The number of aromatic nitrogens is 2. The summed E-state index contributed by atoms with van der Waals surface area (Å²) in [6.45, 7) is 2.45. The molecule has 2 heterocycles. The number of amides is 1. The predicted molar refractivity (Wildman–Crippen MR) is 180 cm³/mol. The van der Waals surface area contributed by atoms with Crippen LogP contribution in [0.3, 0.4) is 0 Å². The summed E-state index contributed by atoms with van der Waals surface area (Å²) in [5, 5.41) is 20.8. The van der Waals surface area contributed by atoms with Gasteiger partial charge in [-0.15, -0.1) is 10.2 Å². The molecule has 1 aliphatic heterocycles. The molecule has 1 unspecified atom stereocenters. The largest absolute Gasteiger partial charge is 0.507 e. The monoisotopic (exact) mass is 687 g/mol. The second kappa shape index (κ2) is 14.4. The molecule has 238 valence electrons. The summed E-state index contributed by atoms with van der Waals surface area (Å²) < 4.78 is 26.3. The van der Waals surface area contributed by atoms with E-state index >= 15 is 0 Å². The van der Waals surface area contributed by atoms with Crippen molar-refractivity contribution in [3.05, 3.63) is 136 Å². The molecule has 1 aromatic heterocycles. The Labute approximate surface area is 283 Å². The number of aliphatic hydroxyl groups excluding tert-OH is 1. The molecule has 12 heteroatoms. The molecule has 4 aromatic carbocycles. The summed E-state index contributed by atoms with van der Waals surface area (Å²) in [6, 6.07) is 26.1. The molecule has 0 saturated carbocycles. The molecule has 1 fully saturated rings. The van der Waals surface area contributed by atoms with E-state index in [2.05, 4.69) is 10.2 Å². The Morgan fingerprint density at radius 2 is 1.68 bits per heavy atom. The van der Waals surface area contributed by atoms with Crippen LogP contribution in [0.2, 0.25) is 5.02 Å². The van der Waals surface area contributed by atoms with Crippen molar-refractivity contribution in [3.63, 3.8) is 0 Å². The number of anilines is 1. The van der Waals surface area contributed by atoms with E-state index in [0.29, 0.717) is 45.4 Å². The Morgan fingerprint density at radius 1 is 0.936 bits per heavy atom. The van der Waals surface area contributed by atoms with Crippen LogP contribution < -0.4 is 14.4 Å². The zero-order valence-corrected chi connectivity index (χ0v) is 27.3. The topological polar surface area (TPSA) is 102 Å². The van der Waals surface area contributed by atoms with E-state index in [1.165, 1.54) is 40.9 Å².